The highest BCUT2D eigenvalue weighted by atomic mass is 31.2. The van der Waals surface area contributed by atoms with Crippen molar-refractivity contribution in [1.82, 2.24) is 14.6 Å². The Morgan fingerprint density at radius 1 is 1.20 bits per heavy atom. The number of esters is 1. The van der Waals surface area contributed by atoms with Crippen LogP contribution in [0.25, 0.3) is 0 Å². The average molecular weight is 580 g/mol. The first-order chi connectivity index (χ1) is 19.7. The Balaban J connectivity index is 1.59. The molecule has 3 aromatic rings. The summed E-state index contributed by atoms with van der Waals surface area (Å²) in [6.07, 6.45) is 9.33. The first kappa shape index (κ1) is 29.8. The lowest BCUT2D eigenvalue weighted by Crippen LogP contribution is -2.41. The van der Waals surface area contributed by atoms with Crippen molar-refractivity contribution < 1.29 is 27.9 Å². The van der Waals surface area contributed by atoms with Gasteiger partial charge in [0.1, 0.15) is 18.4 Å². The van der Waals surface area contributed by atoms with Crippen LogP contribution in [0, 0.1) is 19.3 Å². The van der Waals surface area contributed by atoms with E-state index in [1.807, 2.05) is 30.3 Å². The van der Waals surface area contributed by atoms with Gasteiger partial charge in [-0.3, -0.25) is 23.7 Å². The van der Waals surface area contributed by atoms with E-state index in [1.54, 1.807) is 44.2 Å². The van der Waals surface area contributed by atoms with Gasteiger partial charge in [0.2, 0.25) is 0 Å². The van der Waals surface area contributed by atoms with Crippen LogP contribution in [0.5, 0.6) is 5.75 Å². The van der Waals surface area contributed by atoms with Gasteiger partial charge in [-0.1, -0.05) is 54.5 Å². The molecule has 0 spiro atoms. The Hall–Kier alpha value is -4.20. The minimum Gasteiger partial charge on any atom is -0.465 e. The molecule has 12 heteroatoms. The standard InChI is InChI=1S/C29H30N3O8P/c1-4-29(17-16-25(39-29)32-19-21(3)26(33)30-28(32)35)20-38-41(36,40-23-14-10-7-11-15-23)31-24(27(34)37-5-2)18-22-12-8-6-9-13-22/h1,6-17,19,24-25H,5,18,20H2,2-3H3,(H,31,36)(H,30,33,35)/t24-,25+,29-,41-/m0/s1. The summed E-state index contributed by atoms with van der Waals surface area (Å²) < 4.78 is 38.1. The molecule has 0 bridgehead atoms. The van der Waals surface area contributed by atoms with Gasteiger partial charge in [-0.15, -0.1) is 6.42 Å². The van der Waals surface area contributed by atoms with E-state index >= 15 is 0 Å². The molecule has 2 N–H and O–H groups in total. The molecule has 214 valence electrons. The lowest BCUT2D eigenvalue weighted by Gasteiger charge is -2.28. The fraction of sp³-hybridized carbons (Fsp3) is 0.276. The molecule has 41 heavy (non-hydrogen) atoms. The normalized spacial score (nSPS) is 20.1. The van der Waals surface area contributed by atoms with Crippen molar-refractivity contribution in [2.45, 2.75) is 38.1 Å². The summed E-state index contributed by atoms with van der Waals surface area (Å²) in [7, 11) is -4.31. The molecule has 0 radical (unpaired) electrons. The molecular weight excluding hydrogens is 549 g/mol. The van der Waals surface area contributed by atoms with Crippen LogP contribution in [0.4, 0.5) is 0 Å². The van der Waals surface area contributed by atoms with Gasteiger partial charge in [0.25, 0.3) is 5.56 Å². The number of ether oxygens (including phenoxy) is 2. The van der Waals surface area contributed by atoms with Gasteiger partial charge in [0, 0.05) is 11.8 Å². The van der Waals surface area contributed by atoms with Crippen molar-refractivity contribution >= 4 is 13.7 Å². The molecule has 1 aliphatic heterocycles. The molecule has 0 fully saturated rings. The second-order valence-electron chi connectivity index (χ2n) is 9.18. The van der Waals surface area contributed by atoms with E-state index in [0.29, 0.717) is 5.56 Å². The molecular formula is C29H30N3O8P. The van der Waals surface area contributed by atoms with E-state index in [2.05, 4.69) is 16.0 Å². The zero-order chi connectivity index (χ0) is 29.5. The van der Waals surface area contributed by atoms with Crippen molar-refractivity contribution in [2.75, 3.05) is 13.2 Å². The summed E-state index contributed by atoms with van der Waals surface area (Å²) in [5.41, 5.74) is -1.68. The molecule has 4 rings (SSSR count). The second kappa shape index (κ2) is 13.0. The lowest BCUT2D eigenvalue weighted by molar-refractivity contribution is -0.145. The predicted molar refractivity (Wildman–Crippen MR) is 151 cm³/mol. The molecule has 1 aliphatic rings. The Morgan fingerprint density at radius 2 is 1.88 bits per heavy atom. The molecule has 11 nitrogen and oxygen atoms in total. The number of benzene rings is 2. The van der Waals surface area contributed by atoms with Crippen LogP contribution in [0.15, 0.2) is 88.6 Å². The smallest absolute Gasteiger partial charge is 0.459 e. The van der Waals surface area contributed by atoms with E-state index in [4.69, 9.17) is 24.9 Å². The number of para-hydroxylation sites is 1. The van der Waals surface area contributed by atoms with Crippen LogP contribution in [-0.2, 0) is 29.8 Å². The number of rotatable bonds is 12. The number of H-pyrrole nitrogens is 1. The zero-order valence-electron chi connectivity index (χ0n) is 22.5. The van der Waals surface area contributed by atoms with Crippen molar-refractivity contribution in [3.63, 3.8) is 0 Å². The number of hydrogen-bond acceptors (Lipinski definition) is 8. The van der Waals surface area contributed by atoms with Crippen LogP contribution in [0.3, 0.4) is 0 Å². The molecule has 0 unspecified atom stereocenters. The summed E-state index contributed by atoms with van der Waals surface area (Å²) in [6.45, 7) is 2.86. The van der Waals surface area contributed by atoms with Crippen molar-refractivity contribution in [3.05, 3.63) is 111 Å². The van der Waals surface area contributed by atoms with Crippen LogP contribution < -0.4 is 20.9 Å². The van der Waals surface area contributed by atoms with Crippen molar-refractivity contribution in [1.29, 1.82) is 0 Å². The van der Waals surface area contributed by atoms with Crippen molar-refractivity contribution in [3.8, 4) is 18.1 Å². The molecule has 2 heterocycles. The Kier molecular flexibility index (Phi) is 9.42. The highest BCUT2D eigenvalue weighted by Crippen LogP contribution is 2.47. The predicted octanol–water partition coefficient (Wildman–Crippen LogP) is 3.27. The van der Waals surface area contributed by atoms with E-state index in [1.165, 1.54) is 22.9 Å². The van der Waals surface area contributed by atoms with E-state index < -0.39 is 49.4 Å². The van der Waals surface area contributed by atoms with Crippen molar-refractivity contribution in [2.24, 2.45) is 0 Å². The van der Waals surface area contributed by atoms with Gasteiger partial charge in [0.15, 0.2) is 11.8 Å². The Labute approximate surface area is 236 Å². The summed E-state index contributed by atoms with van der Waals surface area (Å²) in [4.78, 5) is 39.3. The monoisotopic (exact) mass is 579 g/mol. The van der Waals surface area contributed by atoms with Gasteiger partial charge in [-0.25, -0.2) is 9.36 Å². The number of terminal acetylenes is 1. The Morgan fingerprint density at radius 3 is 2.54 bits per heavy atom. The Bertz CT molecular complexity index is 1600. The third-order valence-electron chi connectivity index (χ3n) is 6.11. The van der Waals surface area contributed by atoms with Crippen LogP contribution >= 0.6 is 7.75 Å². The lowest BCUT2D eigenvalue weighted by atomic mass is 10.1. The van der Waals surface area contributed by atoms with Gasteiger partial charge < -0.3 is 14.0 Å². The van der Waals surface area contributed by atoms with Crippen LogP contribution in [0.1, 0.15) is 24.3 Å². The van der Waals surface area contributed by atoms with Crippen LogP contribution in [0.2, 0.25) is 0 Å². The number of nitrogens with zero attached hydrogens (tertiary/aromatic N) is 1. The number of carbonyl (C=O) groups excluding carboxylic acids is 1. The highest BCUT2D eigenvalue weighted by Gasteiger charge is 2.41. The quantitative estimate of drug-likeness (QED) is 0.143. The van der Waals surface area contributed by atoms with Gasteiger partial charge in [-0.05, 0) is 50.1 Å². The molecule has 4 atom stereocenters. The van der Waals surface area contributed by atoms with Gasteiger partial charge in [-0.2, -0.15) is 5.09 Å². The van der Waals surface area contributed by atoms with E-state index in [0.717, 1.165) is 5.56 Å². The minimum absolute atomic E-state index is 0.111. The van der Waals surface area contributed by atoms with E-state index in [9.17, 15) is 18.9 Å². The number of hydrogen-bond donors (Lipinski definition) is 2. The molecule has 0 saturated heterocycles. The molecule has 0 aliphatic carbocycles. The third kappa shape index (κ3) is 7.51. The molecule has 2 aromatic carbocycles. The summed E-state index contributed by atoms with van der Waals surface area (Å²) in [6, 6.07) is 16.3. The summed E-state index contributed by atoms with van der Waals surface area (Å²) in [5.74, 6) is 2.05. The maximum atomic E-state index is 14.2. The van der Waals surface area contributed by atoms with Gasteiger partial charge >= 0.3 is 19.4 Å². The second-order valence-corrected chi connectivity index (χ2v) is 10.9. The number of carbonyl (C=O) groups is 1. The number of aromatic amines is 1. The number of aryl methyl sites for hydroxylation is 1. The van der Waals surface area contributed by atoms with E-state index in [-0.39, 0.29) is 18.8 Å². The topological polar surface area (TPSA) is 138 Å². The molecule has 0 amide bonds. The average Bonchev–Trinajstić information content (AvgIpc) is 3.40. The van der Waals surface area contributed by atoms with Crippen LogP contribution in [-0.4, -0.2) is 40.4 Å². The maximum Gasteiger partial charge on any atom is 0.459 e. The first-order valence-corrected chi connectivity index (χ1v) is 14.3. The fourth-order valence-corrected chi connectivity index (χ4v) is 5.54. The number of aromatic nitrogens is 2. The fourth-order valence-electron chi connectivity index (χ4n) is 4.02. The first-order valence-electron chi connectivity index (χ1n) is 12.8. The molecule has 0 saturated carbocycles. The summed E-state index contributed by atoms with van der Waals surface area (Å²) >= 11 is 0. The summed E-state index contributed by atoms with van der Waals surface area (Å²) in [5, 5.41) is 2.74. The van der Waals surface area contributed by atoms with Gasteiger partial charge in [0.05, 0.1) is 6.61 Å². The minimum atomic E-state index is -4.31. The third-order valence-corrected chi connectivity index (χ3v) is 7.66. The molecule has 1 aromatic heterocycles. The zero-order valence-corrected chi connectivity index (χ0v) is 23.4. The maximum absolute atomic E-state index is 14.2. The highest BCUT2D eigenvalue weighted by molar-refractivity contribution is 7.52. The number of nitrogens with one attached hydrogen (secondary N) is 2. The largest absolute Gasteiger partial charge is 0.465 e. The SMILES string of the molecule is C#C[C@@]1(CO[P@@](=O)(N[C@@H](Cc2ccccc2)C(=O)OCC)Oc2ccccc2)C=C[C@H](n2cc(C)c(=O)[nH]c2=O)O1.